The van der Waals surface area contributed by atoms with E-state index in [-0.39, 0.29) is 0 Å². The first-order chi connectivity index (χ1) is 26.3. The largest absolute Gasteiger partial charge is 0.208 e. The molecule has 0 bridgehead atoms. The average Bonchev–Trinajstić information content (AvgIpc) is 3.55. The van der Waals surface area contributed by atoms with Crippen LogP contribution >= 0.6 is 0 Å². The first kappa shape index (κ1) is 30.8. The van der Waals surface area contributed by atoms with Gasteiger partial charge in [0.15, 0.2) is 17.5 Å². The van der Waals surface area contributed by atoms with Crippen LogP contribution in [0.3, 0.4) is 0 Å². The van der Waals surface area contributed by atoms with Gasteiger partial charge in [-0.25, -0.2) is 15.0 Å². The first-order valence-corrected chi connectivity index (χ1v) is 18.0. The molecule has 8 aromatic carbocycles. The predicted molar refractivity (Wildman–Crippen MR) is 216 cm³/mol. The molecule has 1 aliphatic rings. The molecule has 0 unspecified atom stereocenters. The molecule has 0 amide bonds. The fraction of sp³-hybridized carbons (Fsp3) is 0.0200. The van der Waals surface area contributed by atoms with Gasteiger partial charge in [0.1, 0.15) is 0 Å². The van der Waals surface area contributed by atoms with Crippen LogP contribution in [0, 0.1) is 0 Å². The summed E-state index contributed by atoms with van der Waals surface area (Å²) < 4.78 is 0. The van der Waals surface area contributed by atoms with E-state index < -0.39 is 5.41 Å². The number of nitrogens with zero attached hydrogens (tertiary/aromatic N) is 3. The van der Waals surface area contributed by atoms with E-state index in [2.05, 4.69) is 170 Å². The van der Waals surface area contributed by atoms with Crippen LogP contribution < -0.4 is 0 Å². The lowest BCUT2D eigenvalue weighted by Crippen LogP contribution is -2.28. The minimum absolute atomic E-state index is 0.443. The zero-order valence-corrected chi connectivity index (χ0v) is 28.9. The summed E-state index contributed by atoms with van der Waals surface area (Å²) in [6.07, 6.45) is 0. The van der Waals surface area contributed by atoms with Gasteiger partial charge in [-0.15, -0.1) is 0 Å². The maximum Gasteiger partial charge on any atom is 0.164 e. The van der Waals surface area contributed by atoms with Crippen molar-refractivity contribution in [2.24, 2.45) is 0 Å². The molecule has 3 heteroatoms. The van der Waals surface area contributed by atoms with Crippen LogP contribution in [0.25, 0.3) is 67.2 Å². The van der Waals surface area contributed by atoms with Crippen molar-refractivity contribution < 1.29 is 0 Å². The summed E-state index contributed by atoms with van der Waals surface area (Å²) in [7, 11) is 0. The SMILES string of the molecule is c1ccc(-c2nc(-c3ccc(-c4ccc5c(c4)C(c4ccccc4)(c4ccccc4)c4ccccc4-5)cc3)nc(-c3cccc4ccccc34)n2)cc1. The molecule has 0 fully saturated rings. The number of hydrogen-bond donors (Lipinski definition) is 0. The molecule has 9 aromatic rings. The molecular weight excluding hydrogens is 643 g/mol. The van der Waals surface area contributed by atoms with Crippen LogP contribution in [-0.2, 0) is 5.41 Å². The molecule has 0 N–H and O–H groups in total. The molecule has 1 heterocycles. The Morgan fingerprint density at radius 3 is 1.51 bits per heavy atom. The second-order valence-electron chi connectivity index (χ2n) is 13.6. The highest BCUT2D eigenvalue weighted by atomic mass is 15.0. The average molecular weight is 676 g/mol. The summed E-state index contributed by atoms with van der Waals surface area (Å²) in [5.74, 6) is 1.95. The normalized spacial score (nSPS) is 12.7. The van der Waals surface area contributed by atoms with E-state index in [4.69, 9.17) is 15.0 Å². The molecule has 248 valence electrons. The lowest BCUT2D eigenvalue weighted by atomic mass is 9.67. The molecule has 3 nitrogen and oxygen atoms in total. The van der Waals surface area contributed by atoms with Crippen molar-refractivity contribution in [3.05, 3.63) is 222 Å². The van der Waals surface area contributed by atoms with E-state index >= 15 is 0 Å². The minimum atomic E-state index is -0.443. The maximum absolute atomic E-state index is 5.09. The molecule has 0 aliphatic heterocycles. The molecule has 0 atom stereocenters. The lowest BCUT2D eigenvalue weighted by Gasteiger charge is -2.34. The zero-order valence-electron chi connectivity index (χ0n) is 28.9. The Labute approximate surface area is 309 Å². The topological polar surface area (TPSA) is 38.7 Å². The molecule has 0 radical (unpaired) electrons. The minimum Gasteiger partial charge on any atom is -0.208 e. The van der Waals surface area contributed by atoms with Crippen molar-refractivity contribution in [3.63, 3.8) is 0 Å². The van der Waals surface area contributed by atoms with Gasteiger partial charge < -0.3 is 0 Å². The van der Waals surface area contributed by atoms with Crippen molar-refractivity contribution in [1.82, 2.24) is 15.0 Å². The second kappa shape index (κ2) is 12.7. The Bertz CT molecular complexity index is 2710. The zero-order chi connectivity index (χ0) is 35.2. The molecule has 0 saturated heterocycles. The van der Waals surface area contributed by atoms with Crippen LogP contribution in [0.4, 0.5) is 0 Å². The summed E-state index contributed by atoms with van der Waals surface area (Å²) in [6, 6.07) is 71.2. The van der Waals surface area contributed by atoms with Crippen molar-refractivity contribution in [1.29, 1.82) is 0 Å². The molecule has 10 rings (SSSR count). The quantitative estimate of drug-likeness (QED) is 0.176. The van der Waals surface area contributed by atoms with Gasteiger partial charge in [-0.05, 0) is 61.3 Å². The van der Waals surface area contributed by atoms with Crippen LogP contribution in [-0.4, -0.2) is 15.0 Å². The molecule has 1 aliphatic carbocycles. The van der Waals surface area contributed by atoms with Gasteiger partial charge in [-0.3, -0.25) is 0 Å². The Kier molecular flexibility index (Phi) is 7.36. The maximum atomic E-state index is 5.09. The van der Waals surface area contributed by atoms with Gasteiger partial charge in [-0.1, -0.05) is 194 Å². The van der Waals surface area contributed by atoms with E-state index in [0.717, 1.165) is 38.6 Å². The van der Waals surface area contributed by atoms with Crippen molar-refractivity contribution in [2.75, 3.05) is 0 Å². The first-order valence-electron chi connectivity index (χ1n) is 18.0. The summed E-state index contributed by atoms with van der Waals surface area (Å²) in [5.41, 5.74) is 12.4. The van der Waals surface area contributed by atoms with Crippen molar-refractivity contribution >= 4 is 10.8 Å². The van der Waals surface area contributed by atoms with E-state index in [9.17, 15) is 0 Å². The molecular formula is C50H33N3. The van der Waals surface area contributed by atoms with Gasteiger partial charge in [0.05, 0.1) is 5.41 Å². The van der Waals surface area contributed by atoms with E-state index in [1.807, 2.05) is 30.3 Å². The van der Waals surface area contributed by atoms with E-state index in [1.165, 1.54) is 33.4 Å². The highest BCUT2D eigenvalue weighted by molar-refractivity contribution is 5.95. The summed E-state index contributed by atoms with van der Waals surface area (Å²) in [4.78, 5) is 15.1. The van der Waals surface area contributed by atoms with E-state index in [1.54, 1.807) is 0 Å². The lowest BCUT2D eigenvalue weighted by molar-refractivity contribution is 0.769. The number of rotatable bonds is 6. The van der Waals surface area contributed by atoms with Gasteiger partial charge >= 0.3 is 0 Å². The number of hydrogen-bond acceptors (Lipinski definition) is 3. The Morgan fingerprint density at radius 2 is 0.792 bits per heavy atom. The molecule has 53 heavy (non-hydrogen) atoms. The van der Waals surface area contributed by atoms with Crippen LogP contribution in [0.15, 0.2) is 200 Å². The number of aromatic nitrogens is 3. The van der Waals surface area contributed by atoms with Gasteiger partial charge in [0.25, 0.3) is 0 Å². The highest BCUT2D eigenvalue weighted by Crippen LogP contribution is 2.56. The third-order valence-corrected chi connectivity index (χ3v) is 10.6. The number of benzene rings is 8. The second-order valence-corrected chi connectivity index (χ2v) is 13.6. The summed E-state index contributed by atoms with van der Waals surface area (Å²) in [5, 5.41) is 2.26. The monoisotopic (exact) mass is 675 g/mol. The fourth-order valence-electron chi connectivity index (χ4n) is 8.20. The van der Waals surface area contributed by atoms with Crippen LogP contribution in [0.1, 0.15) is 22.3 Å². The summed E-state index contributed by atoms with van der Waals surface area (Å²) >= 11 is 0. The summed E-state index contributed by atoms with van der Waals surface area (Å²) in [6.45, 7) is 0. The van der Waals surface area contributed by atoms with E-state index in [0.29, 0.717) is 17.5 Å². The Morgan fingerprint density at radius 1 is 0.302 bits per heavy atom. The Hall–Kier alpha value is -6.97. The standard InChI is InChI=1S/C50H33N3/c1-4-16-36(17-5-1)47-51-48(53-49(52-47)44-25-14-18-35-15-10-11-23-41(35)44)37-29-27-34(28-30-37)38-31-32-43-42-24-12-13-26-45(42)50(46(43)33-38,39-19-6-2-7-20-39)40-21-8-3-9-22-40/h1-33H. The fourth-order valence-corrected chi connectivity index (χ4v) is 8.20. The van der Waals surface area contributed by atoms with Gasteiger partial charge in [0, 0.05) is 16.7 Å². The molecule has 0 spiro atoms. The predicted octanol–water partition coefficient (Wildman–Crippen LogP) is 12.1. The molecule has 0 saturated carbocycles. The smallest absolute Gasteiger partial charge is 0.164 e. The number of fused-ring (bicyclic) bond motifs is 4. The van der Waals surface area contributed by atoms with Crippen LogP contribution in [0.5, 0.6) is 0 Å². The van der Waals surface area contributed by atoms with Gasteiger partial charge in [0.2, 0.25) is 0 Å². The molecule has 1 aromatic heterocycles. The van der Waals surface area contributed by atoms with Crippen LogP contribution in [0.2, 0.25) is 0 Å². The van der Waals surface area contributed by atoms with Crippen molar-refractivity contribution in [2.45, 2.75) is 5.41 Å². The van der Waals surface area contributed by atoms with Gasteiger partial charge in [-0.2, -0.15) is 0 Å². The third kappa shape index (κ3) is 5.09. The Balaban J connectivity index is 1.10. The highest BCUT2D eigenvalue weighted by Gasteiger charge is 2.46. The van der Waals surface area contributed by atoms with Crippen molar-refractivity contribution in [3.8, 4) is 56.4 Å². The third-order valence-electron chi connectivity index (χ3n) is 10.6.